The van der Waals surface area contributed by atoms with Crippen LogP contribution in [0, 0.1) is 0 Å². The number of benzene rings is 3. The SMILES string of the molecule is CC[C@@H](C)NC(=O)[C@@H](Cc1ccccc1)N(Cc1cccc(OC)c1)C(=O)CN(c1cccc(OC)c1)S(C)(=O)=O. The zero-order valence-electron chi connectivity index (χ0n) is 24.2. The van der Waals surface area contributed by atoms with E-state index in [1.54, 1.807) is 49.6 Å². The second-order valence-electron chi connectivity index (χ2n) is 9.87. The molecule has 9 nitrogen and oxygen atoms in total. The maximum absolute atomic E-state index is 14.2. The Balaban J connectivity index is 2.08. The Morgan fingerprint density at radius 2 is 1.49 bits per heavy atom. The van der Waals surface area contributed by atoms with Crippen molar-refractivity contribution < 1.29 is 27.5 Å². The van der Waals surface area contributed by atoms with E-state index < -0.39 is 28.5 Å². The van der Waals surface area contributed by atoms with Gasteiger partial charge >= 0.3 is 0 Å². The number of carbonyl (C=O) groups is 2. The Labute approximate surface area is 243 Å². The number of amides is 2. The number of nitrogens with zero attached hydrogens (tertiary/aromatic N) is 2. The summed E-state index contributed by atoms with van der Waals surface area (Å²) in [6.45, 7) is 3.43. The molecule has 3 rings (SSSR count). The first-order valence-electron chi connectivity index (χ1n) is 13.4. The van der Waals surface area contributed by atoms with Crippen molar-refractivity contribution in [2.24, 2.45) is 0 Å². The minimum Gasteiger partial charge on any atom is -0.497 e. The molecule has 0 saturated heterocycles. The Kier molecular flexibility index (Phi) is 11.2. The van der Waals surface area contributed by atoms with Gasteiger partial charge in [-0.15, -0.1) is 0 Å². The molecule has 3 aromatic rings. The fourth-order valence-electron chi connectivity index (χ4n) is 4.34. The molecular weight excluding hydrogens is 542 g/mol. The normalized spacial score (nSPS) is 12.6. The van der Waals surface area contributed by atoms with Crippen LogP contribution in [0.4, 0.5) is 5.69 Å². The summed E-state index contributed by atoms with van der Waals surface area (Å²) in [5.41, 5.74) is 1.89. The van der Waals surface area contributed by atoms with E-state index in [2.05, 4.69) is 5.32 Å². The number of hydrogen-bond donors (Lipinski definition) is 1. The van der Waals surface area contributed by atoms with Crippen molar-refractivity contribution >= 4 is 27.5 Å². The van der Waals surface area contributed by atoms with Crippen molar-refractivity contribution in [3.63, 3.8) is 0 Å². The van der Waals surface area contributed by atoms with E-state index in [9.17, 15) is 18.0 Å². The number of methoxy groups -OCH3 is 2. The number of rotatable bonds is 14. The van der Waals surface area contributed by atoms with Crippen LogP contribution >= 0.6 is 0 Å². The van der Waals surface area contributed by atoms with Gasteiger partial charge in [-0.25, -0.2) is 8.42 Å². The van der Waals surface area contributed by atoms with E-state index in [1.807, 2.05) is 50.2 Å². The number of nitrogens with one attached hydrogen (secondary N) is 1. The lowest BCUT2D eigenvalue weighted by Crippen LogP contribution is -2.54. The van der Waals surface area contributed by atoms with Gasteiger partial charge in [-0.2, -0.15) is 0 Å². The molecule has 0 aromatic heterocycles. The van der Waals surface area contributed by atoms with E-state index in [1.165, 1.54) is 12.0 Å². The molecule has 0 aliphatic carbocycles. The first kappa shape index (κ1) is 31.5. The maximum atomic E-state index is 14.2. The molecule has 0 unspecified atom stereocenters. The van der Waals surface area contributed by atoms with Crippen LogP contribution in [-0.4, -0.2) is 64.2 Å². The monoisotopic (exact) mass is 581 g/mol. The summed E-state index contributed by atoms with van der Waals surface area (Å²) < 4.78 is 37.5. The van der Waals surface area contributed by atoms with Crippen molar-refractivity contribution in [3.05, 3.63) is 90.0 Å². The summed E-state index contributed by atoms with van der Waals surface area (Å²) in [7, 11) is -0.838. The molecular formula is C31H39N3O6S. The molecule has 0 bridgehead atoms. The van der Waals surface area contributed by atoms with Gasteiger partial charge in [-0.05, 0) is 48.7 Å². The van der Waals surface area contributed by atoms with Gasteiger partial charge < -0.3 is 19.7 Å². The largest absolute Gasteiger partial charge is 0.497 e. The van der Waals surface area contributed by atoms with Crippen LogP contribution in [0.5, 0.6) is 11.5 Å². The smallest absolute Gasteiger partial charge is 0.244 e. The standard InChI is InChI=1S/C31H39N3O6S/c1-6-23(2)32-31(36)29(19-24-12-8-7-9-13-24)33(21-25-14-10-16-27(18-25)39-3)30(35)22-34(41(5,37)38)26-15-11-17-28(20-26)40-4/h7-18,20,23,29H,6,19,21-22H2,1-5H3,(H,32,36)/t23-,29-/m1/s1. The Hall–Kier alpha value is -4.05. The molecule has 10 heteroatoms. The van der Waals surface area contributed by atoms with Crippen LogP contribution in [-0.2, 0) is 32.6 Å². The van der Waals surface area contributed by atoms with Gasteiger partial charge in [0.15, 0.2) is 0 Å². The second kappa shape index (κ2) is 14.5. The second-order valence-corrected chi connectivity index (χ2v) is 11.8. The quantitative estimate of drug-likeness (QED) is 0.308. The molecule has 2 atom stereocenters. The highest BCUT2D eigenvalue weighted by Crippen LogP contribution is 2.25. The zero-order chi connectivity index (χ0) is 30.0. The lowest BCUT2D eigenvalue weighted by Gasteiger charge is -2.34. The molecule has 0 spiro atoms. The van der Waals surface area contributed by atoms with Gasteiger partial charge in [0.05, 0.1) is 26.2 Å². The average Bonchev–Trinajstić information content (AvgIpc) is 2.97. The predicted octanol–water partition coefficient (Wildman–Crippen LogP) is 4.02. The molecule has 0 heterocycles. The molecule has 41 heavy (non-hydrogen) atoms. The summed E-state index contributed by atoms with van der Waals surface area (Å²) in [6, 6.07) is 22.1. The molecule has 0 aliphatic rings. The van der Waals surface area contributed by atoms with Crippen LogP contribution in [0.2, 0.25) is 0 Å². The Morgan fingerprint density at radius 1 is 0.878 bits per heavy atom. The highest BCUT2D eigenvalue weighted by atomic mass is 32.2. The van der Waals surface area contributed by atoms with Crippen LogP contribution < -0.4 is 19.1 Å². The lowest BCUT2D eigenvalue weighted by atomic mass is 10.0. The first-order valence-corrected chi connectivity index (χ1v) is 15.3. The summed E-state index contributed by atoms with van der Waals surface area (Å²) in [5.74, 6) is 0.215. The zero-order valence-corrected chi connectivity index (χ0v) is 25.1. The van der Waals surface area contributed by atoms with E-state index in [4.69, 9.17) is 9.47 Å². The van der Waals surface area contributed by atoms with E-state index in [0.29, 0.717) is 17.9 Å². The summed E-state index contributed by atoms with van der Waals surface area (Å²) in [6.07, 6.45) is 2.01. The Morgan fingerprint density at radius 3 is 2.10 bits per heavy atom. The number of sulfonamides is 1. The third-order valence-corrected chi connectivity index (χ3v) is 7.92. The molecule has 2 amide bonds. The summed E-state index contributed by atoms with van der Waals surface area (Å²) >= 11 is 0. The van der Waals surface area contributed by atoms with E-state index >= 15 is 0 Å². The van der Waals surface area contributed by atoms with Crippen molar-refractivity contribution in [3.8, 4) is 11.5 Å². The molecule has 3 aromatic carbocycles. The fourth-order valence-corrected chi connectivity index (χ4v) is 5.18. The van der Waals surface area contributed by atoms with Gasteiger partial charge in [0.1, 0.15) is 24.1 Å². The average molecular weight is 582 g/mol. The number of carbonyl (C=O) groups excluding carboxylic acids is 2. The van der Waals surface area contributed by atoms with Gasteiger partial charge in [0.2, 0.25) is 21.8 Å². The van der Waals surface area contributed by atoms with Crippen molar-refractivity contribution in [1.82, 2.24) is 10.2 Å². The van der Waals surface area contributed by atoms with Gasteiger partial charge in [-0.3, -0.25) is 13.9 Å². The van der Waals surface area contributed by atoms with E-state index in [-0.39, 0.29) is 30.6 Å². The van der Waals surface area contributed by atoms with E-state index in [0.717, 1.165) is 21.7 Å². The molecule has 0 radical (unpaired) electrons. The fraction of sp³-hybridized carbons (Fsp3) is 0.355. The Bertz CT molecular complexity index is 1410. The number of hydrogen-bond acceptors (Lipinski definition) is 6. The van der Waals surface area contributed by atoms with Gasteiger partial charge in [0, 0.05) is 25.1 Å². The maximum Gasteiger partial charge on any atom is 0.244 e. The van der Waals surface area contributed by atoms with Gasteiger partial charge in [0.25, 0.3) is 0 Å². The summed E-state index contributed by atoms with van der Waals surface area (Å²) in [5, 5.41) is 3.02. The third-order valence-electron chi connectivity index (χ3n) is 6.78. The highest BCUT2D eigenvalue weighted by Gasteiger charge is 2.33. The highest BCUT2D eigenvalue weighted by molar-refractivity contribution is 7.92. The number of ether oxygens (including phenoxy) is 2. The minimum absolute atomic E-state index is 0.0666. The summed E-state index contributed by atoms with van der Waals surface area (Å²) in [4.78, 5) is 29.3. The molecule has 0 saturated carbocycles. The molecule has 1 N–H and O–H groups in total. The van der Waals surface area contributed by atoms with Gasteiger partial charge in [-0.1, -0.05) is 55.5 Å². The van der Waals surface area contributed by atoms with Crippen LogP contribution in [0.1, 0.15) is 31.4 Å². The van der Waals surface area contributed by atoms with Crippen LogP contribution in [0.3, 0.4) is 0 Å². The molecule has 0 fully saturated rings. The van der Waals surface area contributed by atoms with Crippen molar-refractivity contribution in [2.75, 3.05) is 31.3 Å². The van der Waals surface area contributed by atoms with Crippen molar-refractivity contribution in [2.45, 2.75) is 45.3 Å². The first-order chi connectivity index (χ1) is 19.5. The van der Waals surface area contributed by atoms with Crippen molar-refractivity contribution in [1.29, 1.82) is 0 Å². The van der Waals surface area contributed by atoms with Crippen LogP contribution in [0.15, 0.2) is 78.9 Å². The number of anilines is 1. The topological polar surface area (TPSA) is 105 Å². The van der Waals surface area contributed by atoms with Crippen LogP contribution in [0.25, 0.3) is 0 Å². The minimum atomic E-state index is -3.87. The molecule has 220 valence electrons. The lowest BCUT2D eigenvalue weighted by molar-refractivity contribution is -0.140. The molecule has 0 aliphatic heterocycles. The predicted molar refractivity (Wildman–Crippen MR) is 161 cm³/mol. The third kappa shape index (κ3) is 8.97.